The fraction of sp³-hybridized carbons (Fsp3) is 0.941. The van der Waals surface area contributed by atoms with E-state index >= 15 is 0 Å². The number of esters is 1. The third-order valence-electron chi connectivity index (χ3n) is 6.79. The number of rotatable bonds is 3. The van der Waals surface area contributed by atoms with Crippen molar-refractivity contribution in [3.63, 3.8) is 0 Å². The van der Waals surface area contributed by atoms with Crippen molar-refractivity contribution in [1.82, 2.24) is 4.90 Å². The lowest BCUT2D eigenvalue weighted by atomic mass is 9.70. The van der Waals surface area contributed by atoms with Crippen molar-refractivity contribution in [3.8, 4) is 0 Å². The fourth-order valence-corrected chi connectivity index (χ4v) is 4.80. The van der Waals surface area contributed by atoms with Crippen LogP contribution in [0.4, 0.5) is 0 Å². The average Bonchev–Trinajstić information content (AvgIpc) is 2.73. The summed E-state index contributed by atoms with van der Waals surface area (Å²) in [6, 6.07) is 0. The number of fused-ring (bicyclic) bond motifs is 2. The highest BCUT2D eigenvalue weighted by molar-refractivity contribution is 5.72. The number of nitrogens with zero attached hydrogens (tertiary/aromatic N) is 1. The summed E-state index contributed by atoms with van der Waals surface area (Å²) in [5, 5.41) is 0. The van der Waals surface area contributed by atoms with Gasteiger partial charge in [-0.1, -0.05) is 27.2 Å². The van der Waals surface area contributed by atoms with Crippen LogP contribution in [0, 0.1) is 16.7 Å². The maximum atomic E-state index is 12.2. The molecule has 1 heterocycles. The normalized spacial score (nSPS) is 40.0. The quantitative estimate of drug-likeness (QED) is 0.743. The minimum Gasteiger partial charge on any atom is -0.461 e. The molecule has 1 saturated heterocycles. The Balaban J connectivity index is 1.57. The van der Waals surface area contributed by atoms with E-state index in [-0.39, 0.29) is 17.5 Å². The van der Waals surface area contributed by atoms with E-state index in [4.69, 9.17) is 4.74 Å². The number of piperidine rings is 1. The second-order valence-corrected chi connectivity index (χ2v) is 7.93. The van der Waals surface area contributed by atoms with E-state index in [0.717, 1.165) is 25.4 Å². The summed E-state index contributed by atoms with van der Waals surface area (Å²) >= 11 is 0. The molecule has 3 nitrogen and oxygen atoms in total. The summed E-state index contributed by atoms with van der Waals surface area (Å²) in [6.07, 6.45) is 7.51. The Morgan fingerprint density at radius 2 is 1.90 bits per heavy atom. The molecule has 114 valence electrons. The Kier molecular flexibility index (Phi) is 3.60. The summed E-state index contributed by atoms with van der Waals surface area (Å²) in [7, 11) is 0. The molecule has 0 aromatic carbocycles. The van der Waals surface area contributed by atoms with Crippen molar-refractivity contribution in [2.24, 2.45) is 16.7 Å². The maximum Gasteiger partial charge on any atom is 0.320 e. The van der Waals surface area contributed by atoms with Gasteiger partial charge in [0.05, 0.1) is 6.54 Å². The van der Waals surface area contributed by atoms with E-state index in [1.807, 2.05) is 0 Å². The molecule has 3 aliphatic rings. The Morgan fingerprint density at radius 1 is 1.20 bits per heavy atom. The van der Waals surface area contributed by atoms with E-state index in [1.165, 1.54) is 32.1 Å². The van der Waals surface area contributed by atoms with Crippen molar-refractivity contribution < 1.29 is 9.53 Å². The van der Waals surface area contributed by atoms with Gasteiger partial charge in [-0.05, 0) is 56.5 Å². The molecule has 3 rings (SSSR count). The van der Waals surface area contributed by atoms with E-state index in [9.17, 15) is 4.79 Å². The summed E-state index contributed by atoms with van der Waals surface area (Å²) in [4.78, 5) is 14.5. The van der Waals surface area contributed by atoms with Gasteiger partial charge in [0.2, 0.25) is 0 Å². The Morgan fingerprint density at radius 3 is 2.45 bits per heavy atom. The van der Waals surface area contributed by atoms with Crippen LogP contribution >= 0.6 is 0 Å². The summed E-state index contributed by atoms with van der Waals surface area (Å²) in [6.45, 7) is 9.68. The van der Waals surface area contributed by atoms with E-state index < -0.39 is 0 Å². The number of hydrogen-bond acceptors (Lipinski definition) is 3. The number of ether oxygens (including phenoxy) is 1. The molecule has 3 atom stereocenters. The third-order valence-corrected chi connectivity index (χ3v) is 6.79. The lowest BCUT2D eigenvalue weighted by Gasteiger charge is -2.38. The van der Waals surface area contributed by atoms with Crippen molar-refractivity contribution in [3.05, 3.63) is 0 Å². The summed E-state index contributed by atoms with van der Waals surface area (Å²) in [5.74, 6) is 0.738. The Labute approximate surface area is 123 Å². The molecule has 20 heavy (non-hydrogen) atoms. The van der Waals surface area contributed by atoms with Crippen molar-refractivity contribution in [2.45, 2.75) is 65.4 Å². The van der Waals surface area contributed by atoms with Crippen molar-refractivity contribution in [1.29, 1.82) is 0 Å². The minimum atomic E-state index is 0.00137. The van der Waals surface area contributed by atoms with Crippen LogP contribution in [0.5, 0.6) is 0 Å². The van der Waals surface area contributed by atoms with Gasteiger partial charge in [-0.25, -0.2) is 0 Å². The first kappa shape index (κ1) is 14.4. The van der Waals surface area contributed by atoms with Gasteiger partial charge in [-0.15, -0.1) is 0 Å². The smallest absolute Gasteiger partial charge is 0.320 e. The third kappa shape index (κ3) is 2.18. The molecule has 0 N–H and O–H groups in total. The molecule has 0 aromatic heterocycles. The van der Waals surface area contributed by atoms with Crippen LogP contribution in [0.1, 0.15) is 59.3 Å². The first-order valence-electron chi connectivity index (χ1n) is 8.35. The number of carbonyl (C=O) groups is 1. The molecule has 3 heteroatoms. The van der Waals surface area contributed by atoms with Gasteiger partial charge in [0.15, 0.2) is 0 Å². The zero-order chi connectivity index (χ0) is 14.4. The summed E-state index contributed by atoms with van der Waals surface area (Å²) < 4.78 is 5.91. The van der Waals surface area contributed by atoms with Crippen LogP contribution in [0.25, 0.3) is 0 Å². The first-order chi connectivity index (χ1) is 9.43. The second kappa shape index (κ2) is 5.01. The minimum absolute atomic E-state index is 0.00137. The monoisotopic (exact) mass is 279 g/mol. The molecule has 0 unspecified atom stereocenters. The number of likely N-dealkylation sites (tertiary alicyclic amines) is 1. The van der Waals surface area contributed by atoms with E-state index in [2.05, 4.69) is 25.7 Å². The standard InChI is InChI=1S/C17H29NO2/c1-16(2)13-7-8-17(16,3)14(11-13)20-15(19)12-18-9-5-4-6-10-18/h13-14H,4-12H2,1-3H3/t13-,14-,17+/m0/s1. The molecule has 3 fully saturated rings. The molecular weight excluding hydrogens is 250 g/mol. The lowest BCUT2D eigenvalue weighted by Crippen LogP contribution is -2.41. The molecule has 2 bridgehead atoms. The van der Waals surface area contributed by atoms with Crippen LogP contribution in [-0.2, 0) is 9.53 Å². The highest BCUT2D eigenvalue weighted by Crippen LogP contribution is 2.66. The van der Waals surface area contributed by atoms with Gasteiger partial charge in [-0.2, -0.15) is 0 Å². The summed E-state index contributed by atoms with van der Waals surface area (Å²) in [5.41, 5.74) is 0.512. The maximum absolute atomic E-state index is 12.2. The zero-order valence-electron chi connectivity index (χ0n) is 13.3. The second-order valence-electron chi connectivity index (χ2n) is 7.93. The first-order valence-corrected chi connectivity index (χ1v) is 8.35. The Bertz CT molecular complexity index is 386. The van der Waals surface area contributed by atoms with Crippen LogP contribution in [0.15, 0.2) is 0 Å². The number of carbonyl (C=O) groups excluding carboxylic acids is 1. The molecule has 0 spiro atoms. The molecule has 2 aliphatic carbocycles. The van der Waals surface area contributed by atoms with E-state index in [1.54, 1.807) is 0 Å². The molecule has 0 amide bonds. The molecule has 0 aromatic rings. The highest BCUT2D eigenvalue weighted by atomic mass is 16.5. The average molecular weight is 279 g/mol. The van der Waals surface area contributed by atoms with Gasteiger partial charge in [0.1, 0.15) is 6.10 Å². The van der Waals surface area contributed by atoms with Crippen LogP contribution < -0.4 is 0 Å². The van der Waals surface area contributed by atoms with Gasteiger partial charge in [0, 0.05) is 5.41 Å². The SMILES string of the molecule is CC1(C)[C@H]2CC[C@]1(C)[C@@H](OC(=O)CN1CCCCC1)C2. The zero-order valence-corrected chi connectivity index (χ0v) is 13.3. The van der Waals surface area contributed by atoms with E-state index in [0.29, 0.717) is 12.0 Å². The predicted molar refractivity (Wildman–Crippen MR) is 79.4 cm³/mol. The van der Waals surface area contributed by atoms with Crippen LogP contribution in [0.3, 0.4) is 0 Å². The predicted octanol–water partition coefficient (Wildman–Crippen LogP) is 3.23. The van der Waals surface area contributed by atoms with Crippen LogP contribution in [-0.4, -0.2) is 36.6 Å². The Hall–Kier alpha value is -0.570. The largest absolute Gasteiger partial charge is 0.461 e. The van der Waals surface area contributed by atoms with Crippen molar-refractivity contribution >= 4 is 5.97 Å². The van der Waals surface area contributed by atoms with Crippen LogP contribution in [0.2, 0.25) is 0 Å². The van der Waals surface area contributed by atoms with Gasteiger partial charge >= 0.3 is 5.97 Å². The molecular formula is C17H29NO2. The van der Waals surface area contributed by atoms with Gasteiger partial charge < -0.3 is 4.74 Å². The highest BCUT2D eigenvalue weighted by Gasteiger charge is 2.62. The molecule has 0 radical (unpaired) electrons. The van der Waals surface area contributed by atoms with Gasteiger partial charge in [-0.3, -0.25) is 9.69 Å². The molecule has 1 aliphatic heterocycles. The fourth-order valence-electron chi connectivity index (χ4n) is 4.80. The van der Waals surface area contributed by atoms with Crippen molar-refractivity contribution in [2.75, 3.05) is 19.6 Å². The topological polar surface area (TPSA) is 29.5 Å². The van der Waals surface area contributed by atoms with Gasteiger partial charge in [0.25, 0.3) is 0 Å². The number of hydrogen-bond donors (Lipinski definition) is 0. The molecule has 2 saturated carbocycles. The lowest BCUT2D eigenvalue weighted by molar-refractivity contribution is -0.158.